The molecule has 0 fully saturated rings. The van der Waals surface area contributed by atoms with Crippen molar-refractivity contribution in [1.82, 2.24) is 4.90 Å². The average Bonchev–Trinajstić information content (AvgIpc) is 2.91. The maximum atomic E-state index is 12.6. The zero-order valence-corrected chi connectivity index (χ0v) is 12.2. The summed E-state index contributed by atoms with van der Waals surface area (Å²) < 4.78 is 52.7. The van der Waals surface area contributed by atoms with Gasteiger partial charge in [0.25, 0.3) is 5.91 Å². The van der Waals surface area contributed by atoms with E-state index >= 15 is 0 Å². The third-order valence-electron chi connectivity index (χ3n) is 2.90. The number of benzene rings is 1. The maximum absolute atomic E-state index is 12.6. The van der Waals surface area contributed by atoms with Crippen LogP contribution in [-0.2, 0) is 9.53 Å². The van der Waals surface area contributed by atoms with Gasteiger partial charge in [0.05, 0.1) is 6.61 Å². The van der Waals surface area contributed by atoms with Crippen molar-refractivity contribution in [3.63, 3.8) is 0 Å². The van der Waals surface area contributed by atoms with Crippen LogP contribution in [-0.4, -0.2) is 49.4 Å². The van der Waals surface area contributed by atoms with Gasteiger partial charge < -0.3 is 19.1 Å². The van der Waals surface area contributed by atoms with Gasteiger partial charge in [0.1, 0.15) is 13.1 Å². The first-order valence-electron chi connectivity index (χ1n) is 6.71. The number of carbonyl (C=O) groups excluding carboxylic acids is 2. The highest BCUT2D eigenvalue weighted by molar-refractivity contribution is 5.96. The number of rotatable bonds is 5. The number of hydrogen-bond acceptors (Lipinski definition) is 5. The Kier molecular flexibility index (Phi) is 4.97. The van der Waals surface area contributed by atoms with Crippen LogP contribution in [0.15, 0.2) is 18.2 Å². The van der Waals surface area contributed by atoms with E-state index in [-0.39, 0.29) is 24.7 Å². The van der Waals surface area contributed by atoms with E-state index in [1.165, 1.54) is 25.1 Å². The minimum Gasteiger partial charge on any atom is -0.465 e. The molecular weight excluding hydrogens is 319 g/mol. The molecule has 6 nitrogen and oxygen atoms in total. The standard InChI is InChI=1S/C14H14F3NO5/c1-2-21-12(19)6-18(7-14(15,16)17)13(20)9-3-4-10-11(5-9)23-8-22-10/h3-5H,2,6-8H2,1H3. The first-order valence-corrected chi connectivity index (χ1v) is 6.71. The van der Waals surface area contributed by atoms with Crippen molar-refractivity contribution in [2.45, 2.75) is 13.1 Å². The van der Waals surface area contributed by atoms with E-state index in [0.717, 1.165) is 0 Å². The molecule has 1 aliphatic heterocycles. The summed E-state index contributed by atoms with van der Waals surface area (Å²) in [6.07, 6.45) is -4.64. The van der Waals surface area contributed by atoms with E-state index in [0.29, 0.717) is 10.6 Å². The molecule has 0 radical (unpaired) electrons. The van der Waals surface area contributed by atoms with E-state index < -0.39 is 31.1 Å². The van der Waals surface area contributed by atoms with E-state index in [4.69, 9.17) is 9.47 Å². The normalized spacial score (nSPS) is 12.9. The third kappa shape index (κ3) is 4.51. The number of esters is 1. The van der Waals surface area contributed by atoms with Gasteiger partial charge in [0, 0.05) is 5.56 Å². The summed E-state index contributed by atoms with van der Waals surface area (Å²) in [5.41, 5.74) is -0.0391. The number of amides is 1. The Labute approximate surface area is 129 Å². The summed E-state index contributed by atoms with van der Waals surface area (Å²) >= 11 is 0. The van der Waals surface area contributed by atoms with E-state index in [1.807, 2.05) is 0 Å². The Balaban J connectivity index is 2.19. The van der Waals surface area contributed by atoms with Crippen LogP contribution in [0.1, 0.15) is 17.3 Å². The summed E-state index contributed by atoms with van der Waals surface area (Å²) in [4.78, 5) is 24.1. The second-order valence-corrected chi connectivity index (χ2v) is 4.65. The third-order valence-corrected chi connectivity index (χ3v) is 2.90. The van der Waals surface area contributed by atoms with Crippen molar-refractivity contribution in [3.8, 4) is 11.5 Å². The highest BCUT2D eigenvalue weighted by Crippen LogP contribution is 2.33. The molecule has 2 rings (SSSR count). The van der Waals surface area contributed by atoms with Gasteiger partial charge in [-0.15, -0.1) is 0 Å². The van der Waals surface area contributed by atoms with Gasteiger partial charge in [-0.25, -0.2) is 0 Å². The summed E-state index contributed by atoms with van der Waals surface area (Å²) in [6.45, 7) is -0.843. The molecule has 0 bridgehead atoms. The Morgan fingerprint density at radius 1 is 1.26 bits per heavy atom. The topological polar surface area (TPSA) is 65.1 Å². The van der Waals surface area contributed by atoms with Crippen LogP contribution >= 0.6 is 0 Å². The van der Waals surface area contributed by atoms with Crippen LogP contribution in [0.3, 0.4) is 0 Å². The number of fused-ring (bicyclic) bond motifs is 1. The summed E-state index contributed by atoms with van der Waals surface area (Å²) in [5, 5.41) is 0. The average molecular weight is 333 g/mol. The number of alkyl halides is 3. The molecule has 1 heterocycles. The quantitative estimate of drug-likeness (QED) is 0.771. The molecule has 0 N–H and O–H groups in total. The lowest BCUT2D eigenvalue weighted by molar-refractivity contribution is -0.153. The minimum absolute atomic E-state index is 0.0108. The fourth-order valence-corrected chi connectivity index (χ4v) is 1.99. The number of hydrogen-bond donors (Lipinski definition) is 0. The number of ether oxygens (including phenoxy) is 3. The van der Waals surface area contributed by atoms with Gasteiger partial charge in [-0.1, -0.05) is 0 Å². The van der Waals surface area contributed by atoms with Crippen LogP contribution in [0.25, 0.3) is 0 Å². The minimum atomic E-state index is -4.64. The molecule has 23 heavy (non-hydrogen) atoms. The zero-order chi connectivity index (χ0) is 17.0. The summed E-state index contributed by atoms with van der Waals surface area (Å²) in [5.74, 6) is -1.20. The molecule has 0 aromatic heterocycles. The number of carbonyl (C=O) groups is 2. The van der Waals surface area contributed by atoms with E-state index in [9.17, 15) is 22.8 Å². The molecule has 126 valence electrons. The molecule has 0 atom stereocenters. The molecular formula is C14H14F3NO5. The number of halogens is 3. The lowest BCUT2D eigenvalue weighted by Gasteiger charge is -2.23. The lowest BCUT2D eigenvalue weighted by atomic mass is 10.1. The van der Waals surface area contributed by atoms with Gasteiger partial charge in [-0.2, -0.15) is 13.2 Å². The first kappa shape index (κ1) is 16.9. The predicted octanol–water partition coefficient (Wildman–Crippen LogP) is 1.98. The largest absolute Gasteiger partial charge is 0.465 e. The second-order valence-electron chi connectivity index (χ2n) is 4.65. The Bertz CT molecular complexity index is 603. The molecule has 1 aliphatic rings. The van der Waals surface area contributed by atoms with Crippen LogP contribution < -0.4 is 9.47 Å². The fraction of sp³-hybridized carbons (Fsp3) is 0.429. The van der Waals surface area contributed by atoms with Crippen LogP contribution in [0.4, 0.5) is 13.2 Å². The Hall–Kier alpha value is -2.45. The lowest BCUT2D eigenvalue weighted by Crippen LogP contribution is -2.42. The molecule has 0 saturated heterocycles. The molecule has 0 unspecified atom stereocenters. The molecule has 0 spiro atoms. The van der Waals surface area contributed by atoms with Crippen LogP contribution in [0, 0.1) is 0 Å². The van der Waals surface area contributed by atoms with E-state index in [1.54, 1.807) is 0 Å². The monoisotopic (exact) mass is 333 g/mol. The molecule has 0 saturated carbocycles. The van der Waals surface area contributed by atoms with Crippen molar-refractivity contribution in [3.05, 3.63) is 23.8 Å². The van der Waals surface area contributed by atoms with Gasteiger partial charge >= 0.3 is 12.1 Å². The Morgan fingerprint density at radius 2 is 1.96 bits per heavy atom. The molecule has 0 aliphatic carbocycles. The molecule has 1 aromatic carbocycles. The van der Waals surface area contributed by atoms with Crippen molar-refractivity contribution in [1.29, 1.82) is 0 Å². The molecule has 9 heteroatoms. The van der Waals surface area contributed by atoms with Crippen molar-refractivity contribution >= 4 is 11.9 Å². The van der Waals surface area contributed by atoms with Gasteiger partial charge in [-0.05, 0) is 25.1 Å². The van der Waals surface area contributed by atoms with Crippen molar-refractivity contribution in [2.24, 2.45) is 0 Å². The highest BCUT2D eigenvalue weighted by Gasteiger charge is 2.35. The summed E-state index contributed by atoms with van der Waals surface area (Å²) in [7, 11) is 0. The van der Waals surface area contributed by atoms with Crippen LogP contribution in [0.5, 0.6) is 11.5 Å². The number of nitrogens with zero attached hydrogens (tertiary/aromatic N) is 1. The van der Waals surface area contributed by atoms with Crippen molar-refractivity contribution in [2.75, 3.05) is 26.5 Å². The smallest absolute Gasteiger partial charge is 0.406 e. The van der Waals surface area contributed by atoms with Gasteiger partial charge in [-0.3, -0.25) is 9.59 Å². The van der Waals surface area contributed by atoms with Gasteiger partial charge in [0.2, 0.25) is 6.79 Å². The maximum Gasteiger partial charge on any atom is 0.406 e. The molecule has 1 aromatic rings. The first-order chi connectivity index (χ1) is 10.8. The fourth-order valence-electron chi connectivity index (χ4n) is 1.99. The van der Waals surface area contributed by atoms with Crippen LogP contribution in [0.2, 0.25) is 0 Å². The van der Waals surface area contributed by atoms with Gasteiger partial charge in [0.15, 0.2) is 11.5 Å². The zero-order valence-electron chi connectivity index (χ0n) is 12.2. The van der Waals surface area contributed by atoms with Crippen molar-refractivity contribution < 1.29 is 37.0 Å². The second kappa shape index (κ2) is 6.76. The summed E-state index contributed by atoms with van der Waals surface area (Å²) in [6, 6.07) is 4.01. The van der Waals surface area contributed by atoms with E-state index in [2.05, 4.69) is 4.74 Å². The molecule has 1 amide bonds. The predicted molar refractivity (Wildman–Crippen MR) is 71.2 cm³/mol. The Morgan fingerprint density at radius 3 is 2.61 bits per heavy atom. The SMILES string of the molecule is CCOC(=O)CN(CC(F)(F)F)C(=O)c1ccc2c(c1)OCO2. The highest BCUT2D eigenvalue weighted by atomic mass is 19.4.